The first-order valence-corrected chi connectivity index (χ1v) is 9.61. The molecule has 0 radical (unpaired) electrons. The van der Waals surface area contributed by atoms with E-state index < -0.39 is 18.0 Å². The Hall–Kier alpha value is -3.06. The number of hydrogen-bond donors (Lipinski definition) is 1. The molecule has 0 fully saturated rings. The van der Waals surface area contributed by atoms with Crippen LogP contribution in [0.5, 0.6) is 5.75 Å². The van der Waals surface area contributed by atoms with Crippen molar-refractivity contribution in [1.82, 2.24) is 4.57 Å². The number of amides is 1. The highest BCUT2D eigenvalue weighted by molar-refractivity contribution is 7.15. The molecule has 146 valence electrons. The van der Waals surface area contributed by atoms with E-state index in [1.807, 2.05) is 42.9 Å². The van der Waals surface area contributed by atoms with E-state index in [4.69, 9.17) is 9.47 Å². The number of aromatic nitrogens is 1. The molecule has 0 saturated carbocycles. The van der Waals surface area contributed by atoms with Crippen LogP contribution in [0, 0.1) is 13.8 Å². The molecule has 1 atom stereocenters. The van der Waals surface area contributed by atoms with Crippen LogP contribution >= 0.6 is 11.3 Å². The van der Waals surface area contributed by atoms with E-state index in [0.29, 0.717) is 17.0 Å². The largest absolute Gasteiger partial charge is 0.497 e. The Labute approximate surface area is 167 Å². The van der Waals surface area contributed by atoms with Gasteiger partial charge in [-0.25, -0.2) is 4.79 Å². The third kappa shape index (κ3) is 4.09. The van der Waals surface area contributed by atoms with Crippen molar-refractivity contribution in [3.05, 3.63) is 64.8 Å². The Morgan fingerprint density at radius 3 is 2.36 bits per heavy atom. The van der Waals surface area contributed by atoms with Crippen LogP contribution in [0.3, 0.4) is 0 Å². The Morgan fingerprint density at radius 1 is 1.11 bits per heavy atom. The topological polar surface area (TPSA) is 69.6 Å². The maximum Gasteiger partial charge on any atom is 0.342 e. The Bertz CT molecular complexity index is 975. The van der Waals surface area contributed by atoms with E-state index in [-0.39, 0.29) is 0 Å². The van der Waals surface area contributed by atoms with E-state index in [2.05, 4.69) is 5.32 Å². The van der Waals surface area contributed by atoms with Gasteiger partial charge in [-0.1, -0.05) is 0 Å². The van der Waals surface area contributed by atoms with Crippen LogP contribution < -0.4 is 10.1 Å². The van der Waals surface area contributed by atoms with E-state index in [1.54, 1.807) is 38.3 Å². The van der Waals surface area contributed by atoms with Gasteiger partial charge in [0.1, 0.15) is 10.8 Å². The summed E-state index contributed by atoms with van der Waals surface area (Å²) in [5.74, 6) is -0.216. The highest BCUT2D eigenvalue weighted by Crippen LogP contribution is 2.31. The van der Waals surface area contributed by atoms with Crippen molar-refractivity contribution in [3.63, 3.8) is 0 Å². The van der Waals surface area contributed by atoms with Gasteiger partial charge in [-0.05, 0) is 62.7 Å². The summed E-state index contributed by atoms with van der Waals surface area (Å²) in [7, 11) is 1.57. The van der Waals surface area contributed by atoms with Gasteiger partial charge in [0.25, 0.3) is 5.91 Å². The second kappa shape index (κ2) is 8.31. The van der Waals surface area contributed by atoms with E-state index in [9.17, 15) is 9.59 Å². The quantitative estimate of drug-likeness (QED) is 0.627. The van der Waals surface area contributed by atoms with Crippen LogP contribution in [-0.4, -0.2) is 29.7 Å². The molecular weight excluding hydrogens is 376 g/mol. The molecule has 3 rings (SSSR count). The number of rotatable bonds is 6. The van der Waals surface area contributed by atoms with Crippen molar-refractivity contribution in [2.24, 2.45) is 0 Å². The summed E-state index contributed by atoms with van der Waals surface area (Å²) in [6.45, 7) is 5.40. The lowest BCUT2D eigenvalue weighted by atomic mass is 10.1. The molecule has 0 spiro atoms. The molecule has 2 aromatic heterocycles. The number of nitrogens with one attached hydrogen (secondary N) is 1. The predicted octanol–water partition coefficient (Wildman–Crippen LogP) is 4.35. The second-order valence-electron chi connectivity index (χ2n) is 6.32. The zero-order chi connectivity index (χ0) is 20.3. The maximum atomic E-state index is 12.8. The van der Waals surface area contributed by atoms with Crippen LogP contribution in [0.15, 0.2) is 48.8 Å². The summed E-state index contributed by atoms with van der Waals surface area (Å²) >= 11 is 1.52. The van der Waals surface area contributed by atoms with Crippen LogP contribution in [0.1, 0.15) is 27.7 Å². The lowest BCUT2D eigenvalue weighted by molar-refractivity contribution is -0.123. The number of carbonyl (C=O) groups is 2. The van der Waals surface area contributed by atoms with Gasteiger partial charge in [-0.2, -0.15) is 0 Å². The van der Waals surface area contributed by atoms with Gasteiger partial charge in [0, 0.05) is 23.0 Å². The maximum absolute atomic E-state index is 12.8. The fraction of sp³-hybridized carbons (Fsp3) is 0.238. The predicted molar refractivity (Wildman–Crippen MR) is 110 cm³/mol. The van der Waals surface area contributed by atoms with Crippen molar-refractivity contribution in [3.8, 4) is 10.8 Å². The highest BCUT2D eigenvalue weighted by atomic mass is 32.1. The minimum absolute atomic E-state index is 0.398. The number of anilines is 1. The summed E-state index contributed by atoms with van der Waals surface area (Å²) < 4.78 is 12.4. The van der Waals surface area contributed by atoms with Crippen LogP contribution in [0.2, 0.25) is 0 Å². The first-order chi connectivity index (χ1) is 13.4. The molecule has 2 heterocycles. The number of thiophene rings is 1. The number of nitrogens with zero attached hydrogens (tertiary/aromatic N) is 1. The van der Waals surface area contributed by atoms with E-state index >= 15 is 0 Å². The number of benzene rings is 1. The smallest absolute Gasteiger partial charge is 0.342 e. The Balaban J connectivity index is 1.73. The van der Waals surface area contributed by atoms with Gasteiger partial charge in [0.2, 0.25) is 0 Å². The third-order valence-electron chi connectivity index (χ3n) is 4.42. The number of ether oxygens (including phenoxy) is 2. The van der Waals surface area contributed by atoms with Gasteiger partial charge in [0.05, 0.1) is 12.7 Å². The SMILES string of the molecule is COc1ccc(NC(=O)[C@H](C)OC(=O)c2c(-n3cccc3)sc(C)c2C)cc1. The zero-order valence-corrected chi connectivity index (χ0v) is 17.0. The molecule has 1 N–H and O–H groups in total. The molecular formula is C21H22N2O4S. The molecule has 0 bridgehead atoms. The summed E-state index contributed by atoms with van der Waals surface area (Å²) in [5, 5.41) is 3.52. The molecule has 28 heavy (non-hydrogen) atoms. The Morgan fingerprint density at radius 2 is 1.75 bits per heavy atom. The lowest BCUT2D eigenvalue weighted by Gasteiger charge is -2.15. The summed E-state index contributed by atoms with van der Waals surface area (Å²) in [4.78, 5) is 26.3. The minimum Gasteiger partial charge on any atom is -0.497 e. The number of hydrogen-bond acceptors (Lipinski definition) is 5. The molecule has 3 aromatic rings. The third-order valence-corrected chi connectivity index (χ3v) is 5.64. The molecule has 0 aliphatic rings. The monoisotopic (exact) mass is 398 g/mol. The van der Waals surface area contributed by atoms with Gasteiger partial charge in [-0.3, -0.25) is 4.79 Å². The van der Waals surface area contributed by atoms with Crippen LogP contribution in [-0.2, 0) is 9.53 Å². The van der Waals surface area contributed by atoms with Crippen molar-refractivity contribution in [2.45, 2.75) is 26.9 Å². The highest BCUT2D eigenvalue weighted by Gasteiger charge is 2.25. The molecule has 0 saturated heterocycles. The summed E-state index contributed by atoms with van der Waals surface area (Å²) in [6, 6.07) is 10.7. The van der Waals surface area contributed by atoms with Crippen molar-refractivity contribution in [1.29, 1.82) is 0 Å². The fourth-order valence-electron chi connectivity index (χ4n) is 2.69. The van der Waals surface area contributed by atoms with E-state index in [1.165, 1.54) is 11.3 Å². The number of carbonyl (C=O) groups excluding carboxylic acids is 2. The number of esters is 1. The van der Waals surface area contributed by atoms with Gasteiger partial charge in [0.15, 0.2) is 6.10 Å². The number of aryl methyl sites for hydroxylation is 1. The first kappa shape index (κ1) is 19.7. The van der Waals surface area contributed by atoms with E-state index in [0.717, 1.165) is 15.4 Å². The molecule has 0 aliphatic heterocycles. The molecule has 6 nitrogen and oxygen atoms in total. The molecule has 0 unspecified atom stereocenters. The van der Waals surface area contributed by atoms with Gasteiger partial charge in [-0.15, -0.1) is 11.3 Å². The Kier molecular flexibility index (Phi) is 5.84. The van der Waals surface area contributed by atoms with Crippen LogP contribution in [0.25, 0.3) is 5.00 Å². The molecule has 0 aliphatic carbocycles. The van der Waals surface area contributed by atoms with Crippen molar-refractivity contribution < 1.29 is 19.1 Å². The van der Waals surface area contributed by atoms with Crippen molar-refractivity contribution >= 4 is 28.9 Å². The average molecular weight is 398 g/mol. The normalized spacial score (nSPS) is 11.7. The molecule has 1 amide bonds. The second-order valence-corrected chi connectivity index (χ2v) is 7.52. The van der Waals surface area contributed by atoms with Gasteiger partial charge >= 0.3 is 5.97 Å². The van der Waals surface area contributed by atoms with Crippen LogP contribution in [0.4, 0.5) is 5.69 Å². The lowest BCUT2D eigenvalue weighted by Crippen LogP contribution is -2.30. The summed E-state index contributed by atoms with van der Waals surface area (Å²) in [5.41, 5.74) is 1.95. The average Bonchev–Trinajstić information content (AvgIpc) is 3.31. The zero-order valence-electron chi connectivity index (χ0n) is 16.2. The first-order valence-electron chi connectivity index (χ1n) is 8.80. The minimum atomic E-state index is -0.938. The number of methoxy groups -OCH3 is 1. The molecule has 7 heteroatoms. The standard InChI is InChI=1S/C21H22N2O4S/c1-13-15(3)28-20(23-11-5-6-12-23)18(13)21(25)27-14(2)19(24)22-16-7-9-17(26-4)10-8-16/h5-12,14H,1-4H3,(H,22,24)/t14-/m0/s1. The summed E-state index contributed by atoms with van der Waals surface area (Å²) in [6.07, 6.45) is 2.81. The van der Waals surface area contributed by atoms with Gasteiger partial charge < -0.3 is 19.4 Å². The van der Waals surface area contributed by atoms with Crippen molar-refractivity contribution in [2.75, 3.05) is 12.4 Å². The molecule has 1 aromatic carbocycles. The fourth-order valence-corrected chi connectivity index (χ4v) is 3.80.